The maximum atomic E-state index is 12.2. The standard InChI is InChI=1S/C8H6Cl2F2/c1-4-2-6(9)7(10)3-5(4)8(11)12/h2-3,8H,1H3. The zero-order valence-corrected chi connectivity index (χ0v) is 7.76. The molecule has 0 amide bonds. The van der Waals surface area contributed by atoms with Crippen molar-refractivity contribution in [2.24, 2.45) is 0 Å². The summed E-state index contributed by atoms with van der Waals surface area (Å²) >= 11 is 11.2. The molecule has 0 spiro atoms. The van der Waals surface area contributed by atoms with Crippen LogP contribution < -0.4 is 0 Å². The fourth-order valence-corrected chi connectivity index (χ4v) is 1.29. The SMILES string of the molecule is Cc1cc(Cl)c(Cl)cc1C(F)F. The highest BCUT2D eigenvalue weighted by atomic mass is 35.5. The van der Waals surface area contributed by atoms with Gasteiger partial charge in [0.25, 0.3) is 6.43 Å². The van der Waals surface area contributed by atoms with Gasteiger partial charge in [0, 0.05) is 5.56 Å². The van der Waals surface area contributed by atoms with E-state index in [0.29, 0.717) is 10.6 Å². The van der Waals surface area contributed by atoms with E-state index in [1.54, 1.807) is 6.92 Å². The Bertz CT molecular complexity index is 297. The van der Waals surface area contributed by atoms with Crippen LogP contribution in [0.25, 0.3) is 0 Å². The number of aryl methyl sites for hydroxylation is 1. The molecule has 0 fully saturated rings. The molecular weight excluding hydrogens is 205 g/mol. The Kier molecular flexibility index (Phi) is 2.91. The van der Waals surface area contributed by atoms with E-state index in [1.807, 2.05) is 0 Å². The van der Waals surface area contributed by atoms with Gasteiger partial charge in [0.05, 0.1) is 10.0 Å². The lowest BCUT2D eigenvalue weighted by atomic mass is 10.1. The van der Waals surface area contributed by atoms with Crippen LogP contribution in [0.1, 0.15) is 17.6 Å². The average molecular weight is 211 g/mol. The van der Waals surface area contributed by atoms with Gasteiger partial charge in [-0.3, -0.25) is 0 Å². The Morgan fingerprint density at radius 2 is 1.67 bits per heavy atom. The number of alkyl halides is 2. The van der Waals surface area contributed by atoms with Crippen molar-refractivity contribution in [3.63, 3.8) is 0 Å². The number of rotatable bonds is 1. The van der Waals surface area contributed by atoms with E-state index in [9.17, 15) is 8.78 Å². The molecule has 0 aliphatic carbocycles. The van der Waals surface area contributed by atoms with Gasteiger partial charge in [0.2, 0.25) is 0 Å². The van der Waals surface area contributed by atoms with Gasteiger partial charge in [-0.2, -0.15) is 0 Å². The topological polar surface area (TPSA) is 0 Å². The summed E-state index contributed by atoms with van der Waals surface area (Å²) in [6, 6.07) is 2.63. The maximum absolute atomic E-state index is 12.2. The van der Waals surface area contributed by atoms with Crippen molar-refractivity contribution in [3.8, 4) is 0 Å². The van der Waals surface area contributed by atoms with E-state index in [-0.39, 0.29) is 10.6 Å². The Morgan fingerprint density at radius 1 is 1.17 bits per heavy atom. The Labute approximate surface area is 79.1 Å². The largest absolute Gasteiger partial charge is 0.264 e. The summed E-state index contributed by atoms with van der Waals surface area (Å²) in [5.74, 6) is 0. The molecule has 0 unspecified atom stereocenters. The van der Waals surface area contributed by atoms with Gasteiger partial charge >= 0.3 is 0 Å². The lowest BCUT2D eigenvalue weighted by Crippen LogP contribution is -1.89. The highest BCUT2D eigenvalue weighted by Gasteiger charge is 2.12. The lowest BCUT2D eigenvalue weighted by Gasteiger charge is -2.05. The zero-order valence-electron chi connectivity index (χ0n) is 6.24. The summed E-state index contributed by atoms with van der Waals surface area (Å²) in [6.07, 6.45) is -2.50. The third-order valence-corrected chi connectivity index (χ3v) is 2.27. The molecule has 1 aromatic carbocycles. The van der Waals surface area contributed by atoms with Gasteiger partial charge < -0.3 is 0 Å². The Hall–Kier alpha value is -0.340. The normalized spacial score (nSPS) is 10.8. The summed E-state index contributed by atoms with van der Waals surface area (Å²) in [6.45, 7) is 1.57. The first-order valence-electron chi connectivity index (χ1n) is 3.26. The van der Waals surface area contributed by atoms with E-state index in [4.69, 9.17) is 23.2 Å². The van der Waals surface area contributed by atoms with Crippen LogP contribution in [0, 0.1) is 6.92 Å². The second-order valence-electron chi connectivity index (χ2n) is 2.42. The van der Waals surface area contributed by atoms with Gasteiger partial charge in [0.1, 0.15) is 0 Å². The van der Waals surface area contributed by atoms with E-state index in [2.05, 4.69) is 0 Å². The second-order valence-corrected chi connectivity index (χ2v) is 3.24. The van der Waals surface area contributed by atoms with Crippen LogP contribution in [0.15, 0.2) is 12.1 Å². The summed E-state index contributed by atoms with van der Waals surface area (Å²) in [5, 5.41) is 0.469. The van der Waals surface area contributed by atoms with E-state index >= 15 is 0 Å². The van der Waals surface area contributed by atoms with Crippen LogP contribution in [0.3, 0.4) is 0 Å². The minimum absolute atomic E-state index is 0.0654. The summed E-state index contributed by atoms with van der Waals surface area (Å²) < 4.78 is 24.5. The van der Waals surface area contributed by atoms with Gasteiger partial charge in [0.15, 0.2) is 0 Å². The monoisotopic (exact) mass is 210 g/mol. The first-order valence-corrected chi connectivity index (χ1v) is 4.01. The molecule has 1 rings (SSSR count). The molecule has 0 N–H and O–H groups in total. The van der Waals surface area contributed by atoms with Gasteiger partial charge in [-0.05, 0) is 24.6 Å². The van der Waals surface area contributed by atoms with Crippen LogP contribution >= 0.6 is 23.2 Å². The molecule has 0 radical (unpaired) electrons. The van der Waals surface area contributed by atoms with Crippen molar-refractivity contribution in [1.29, 1.82) is 0 Å². The Morgan fingerprint density at radius 3 is 2.17 bits per heavy atom. The summed E-state index contributed by atoms with van der Waals surface area (Å²) in [7, 11) is 0. The molecule has 0 aromatic heterocycles. The van der Waals surface area contributed by atoms with Crippen LogP contribution in [0.5, 0.6) is 0 Å². The first kappa shape index (κ1) is 9.75. The summed E-state index contributed by atoms with van der Waals surface area (Å²) in [4.78, 5) is 0. The van der Waals surface area contributed by atoms with E-state index in [1.165, 1.54) is 12.1 Å². The molecule has 12 heavy (non-hydrogen) atoms. The molecule has 0 aliphatic heterocycles. The fraction of sp³-hybridized carbons (Fsp3) is 0.250. The molecule has 0 atom stereocenters. The van der Waals surface area contributed by atoms with Crippen LogP contribution in [-0.2, 0) is 0 Å². The number of hydrogen-bond acceptors (Lipinski definition) is 0. The minimum atomic E-state index is -2.50. The molecule has 66 valence electrons. The van der Waals surface area contributed by atoms with Gasteiger partial charge in [-0.1, -0.05) is 23.2 Å². The molecule has 1 aromatic rings. The van der Waals surface area contributed by atoms with Gasteiger partial charge in [-0.25, -0.2) is 8.78 Å². The third-order valence-electron chi connectivity index (χ3n) is 1.54. The first-order chi connectivity index (χ1) is 5.52. The average Bonchev–Trinajstić information content (AvgIpc) is 1.96. The minimum Gasteiger partial charge on any atom is -0.205 e. The number of hydrogen-bond donors (Lipinski definition) is 0. The highest BCUT2D eigenvalue weighted by Crippen LogP contribution is 2.30. The lowest BCUT2D eigenvalue weighted by molar-refractivity contribution is 0.150. The quantitative estimate of drug-likeness (QED) is 0.651. The molecule has 4 heteroatoms. The van der Waals surface area contributed by atoms with Crippen molar-refractivity contribution < 1.29 is 8.78 Å². The smallest absolute Gasteiger partial charge is 0.205 e. The molecule has 0 saturated carbocycles. The van der Waals surface area contributed by atoms with Crippen LogP contribution in [0.2, 0.25) is 10.0 Å². The van der Waals surface area contributed by atoms with Crippen molar-refractivity contribution in [3.05, 3.63) is 33.3 Å². The van der Waals surface area contributed by atoms with Crippen LogP contribution in [0.4, 0.5) is 8.78 Å². The number of halogens is 4. The van der Waals surface area contributed by atoms with Crippen LogP contribution in [-0.4, -0.2) is 0 Å². The Balaban J connectivity index is 3.23. The van der Waals surface area contributed by atoms with Gasteiger partial charge in [-0.15, -0.1) is 0 Å². The van der Waals surface area contributed by atoms with Crippen molar-refractivity contribution in [2.45, 2.75) is 13.3 Å². The highest BCUT2D eigenvalue weighted by molar-refractivity contribution is 6.42. The summed E-state index contributed by atoms with van der Waals surface area (Å²) in [5.41, 5.74) is 0.392. The third kappa shape index (κ3) is 1.87. The van der Waals surface area contributed by atoms with Crippen molar-refractivity contribution >= 4 is 23.2 Å². The predicted octanol–water partition coefficient (Wildman–Crippen LogP) is 4.24. The molecule has 0 bridgehead atoms. The second kappa shape index (κ2) is 3.58. The molecule has 0 aliphatic rings. The molecular formula is C8H6Cl2F2. The van der Waals surface area contributed by atoms with Crippen molar-refractivity contribution in [2.75, 3.05) is 0 Å². The van der Waals surface area contributed by atoms with E-state index in [0.717, 1.165) is 0 Å². The fourth-order valence-electron chi connectivity index (χ4n) is 0.897. The molecule has 0 saturated heterocycles. The molecule has 0 heterocycles. The molecule has 0 nitrogen and oxygen atoms in total. The van der Waals surface area contributed by atoms with E-state index < -0.39 is 6.43 Å². The number of benzene rings is 1. The van der Waals surface area contributed by atoms with Crippen molar-refractivity contribution in [1.82, 2.24) is 0 Å². The predicted molar refractivity (Wildman–Crippen MR) is 46.2 cm³/mol. The zero-order chi connectivity index (χ0) is 9.30. The maximum Gasteiger partial charge on any atom is 0.264 e.